The van der Waals surface area contributed by atoms with Gasteiger partial charge in [0.25, 0.3) is 11.6 Å². The standard InChI is InChI=1S/C15H17F2N5O3/c1-19(2)12-5-4-10(22(24)25)8-11(12)14(23)20(3)9-13-18-6-7-21(13)15(16)17/h4-8,15H,9H2,1-3H3. The van der Waals surface area contributed by atoms with Crippen LogP contribution in [0.4, 0.5) is 20.2 Å². The van der Waals surface area contributed by atoms with Crippen LogP contribution in [0.15, 0.2) is 30.6 Å². The number of benzene rings is 1. The fourth-order valence-corrected chi connectivity index (χ4v) is 2.33. The van der Waals surface area contributed by atoms with Crippen LogP contribution in [0.2, 0.25) is 0 Å². The van der Waals surface area contributed by atoms with Gasteiger partial charge in [0.1, 0.15) is 5.82 Å². The molecule has 0 aliphatic heterocycles. The molecule has 0 aliphatic rings. The molecule has 2 aromatic rings. The monoisotopic (exact) mass is 353 g/mol. The van der Waals surface area contributed by atoms with Gasteiger partial charge in [0, 0.05) is 51.4 Å². The number of nitro benzene ring substituents is 1. The Bertz CT molecular complexity index is 791. The summed E-state index contributed by atoms with van der Waals surface area (Å²) in [5, 5.41) is 11.0. The van der Waals surface area contributed by atoms with Gasteiger partial charge in [-0.05, 0) is 6.07 Å². The summed E-state index contributed by atoms with van der Waals surface area (Å²) in [5.74, 6) is -0.515. The van der Waals surface area contributed by atoms with Gasteiger partial charge in [0.15, 0.2) is 0 Å². The van der Waals surface area contributed by atoms with Crippen LogP contribution in [0.1, 0.15) is 22.7 Å². The van der Waals surface area contributed by atoms with Crippen molar-refractivity contribution in [3.63, 3.8) is 0 Å². The van der Waals surface area contributed by atoms with Crippen molar-refractivity contribution in [2.75, 3.05) is 26.0 Å². The molecule has 25 heavy (non-hydrogen) atoms. The molecular formula is C15H17F2N5O3. The Kier molecular flexibility index (Phi) is 5.30. The van der Waals surface area contributed by atoms with E-state index in [1.807, 2.05) is 0 Å². The summed E-state index contributed by atoms with van der Waals surface area (Å²) in [6, 6.07) is 3.95. The van der Waals surface area contributed by atoms with Gasteiger partial charge >= 0.3 is 6.55 Å². The minimum absolute atomic E-state index is 0.0164. The molecular weight excluding hydrogens is 336 g/mol. The Morgan fingerprint density at radius 3 is 2.60 bits per heavy atom. The van der Waals surface area contributed by atoms with E-state index in [1.54, 1.807) is 19.0 Å². The highest BCUT2D eigenvalue weighted by atomic mass is 19.3. The van der Waals surface area contributed by atoms with Gasteiger partial charge < -0.3 is 9.80 Å². The first kappa shape index (κ1) is 18.3. The summed E-state index contributed by atoms with van der Waals surface area (Å²) >= 11 is 0. The number of amides is 1. The molecule has 134 valence electrons. The maximum Gasteiger partial charge on any atom is 0.319 e. The number of anilines is 1. The molecule has 1 heterocycles. The van der Waals surface area contributed by atoms with E-state index in [9.17, 15) is 23.7 Å². The second-order valence-electron chi connectivity index (χ2n) is 5.54. The van der Waals surface area contributed by atoms with Crippen LogP contribution >= 0.6 is 0 Å². The molecule has 0 unspecified atom stereocenters. The number of hydrogen-bond acceptors (Lipinski definition) is 5. The number of halogens is 2. The first-order chi connectivity index (χ1) is 11.7. The number of rotatable bonds is 6. The van der Waals surface area contributed by atoms with Gasteiger partial charge in [-0.2, -0.15) is 8.78 Å². The van der Waals surface area contributed by atoms with Crippen LogP contribution in [-0.2, 0) is 6.54 Å². The average molecular weight is 353 g/mol. The van der Waals surface area contributed by atoms with Crippen LogP contribution in [0, 0.1) is 10.1 Å². The lowest BCUT2D eigenvalue weighted by Gasteiger charge is -2.22. The molecule has 1 aromatic heterocycles. The number of alkyl halides is 2. The van der Waals surface area contributed by atoms with Crippen LogP contribution < -0.4 is 4.90 Å². The number of aromatic nitrogens is 2. The van der Waals surface area contributed by atoms with E-state index >= 15 is 0 Å². The van der Waals surface area contributed by atoms with Crippen molar-refractivity contribution in [2.45, 2.75) is 13.1 Å². The topological polar surface area (TPSA) is 84.5 Å². The van der Waals surface area contributed by atoms with E-state index < -0.39 is 17.4 Å². The number of hydrogen-bond donors (Lipinski definition) is 0. The molecule has 0 N–H and O–H groups in total. The highest BCUT2D eigenvalue weighted by Crippen LogP contribution is 2.26. The summed E-state index contributed by atoms with van der Waals surface area (Å²) in [6.07, 6.45) is 2.34. The smallest absolute Gasteiger partial charge is 0.319 e. The predicted molar refractivity (Wildman–Crippen MR) is 86.7 cm³/mol. The molecule has 8 nitrogen and oxygen atoms in total. The zero-order valence-electron chi connectivity index (χ0n) is 13.9. The van der Waals surface area contributed by atoms with Crippen LogP contribution in [-0.4, -0.2) is 46.4 Å². The SMILES string of the molecule is CN(Cc1nccn1C(F)F)C(=O)c1cc([N+](=O)[O-])ccc1N(C)C. The zero-order chi connectivity index (χ0) is 18.7. The van der Waals surface area contributed by atoms with Crippen molar-refractivity contribution in [2.24, 2.45) is 0 Å². The molecule has 2 rings (SSSR count). The molecule has 1 amide bonds. The maximum atomic E-state index is 12.9. The highest BCUT2D eigenvalue weighted by Gasteiger charge is 2.22. The summed E-state index contributed by atoms with van der Waals surface area (Å²) in [7, 11) is 4.81. The second-order valence-corrected chi connectivity index (χ2v) is 5.54. The third kappa shape index (κ3) is 3.90. The van der Waals surface area contributed by atoms with Crippen molar-refractivity contribution in [1.29, 1.82) is 0 Å². The molecule has 1 aromatic carbocycles. The fourth-order valence-electron chi connectivity index (χ4n) is 2.33. The Balaban J connectivity index is 2.33. The van der Waals surface area contributed by atoms with Crippen molar-refractivity contribution >= 4 is 17.3 Å². The van der Waals surface area contributed by atoms with Crippen molar-refractivity contribution in [3.05, 3.63) is 52.1 Å². The Morgan fingerprint density at radius 1 is 1.36 bits per heavy atom. The molecule has 0 atom stereocenters. The van der Waals surface area contributed by atoms with Gasteiger partial charge in [-0.1, -0.05) is 0 Å². The predicted octanol–water partition coefficient (Wildman–Crippen LogP) is 2.52. The van der Waals surface area contributed by atoms with Crippen LogP contribution in [0.25, 0.3) is 0 Å². The molecule has 10 heteroatoms. The number of non-ortho nitro benzene ring substituents is 1. The lowest BCUT2D eigenvalue weighted by atomic mass is 10.1. The third-order valence-electron chi connectivity index (χ3n) is 3.59. The number of nitrogens with zero attached hydrogens (tertiary/aromatic N) is 5. The van der Waals surface area contributed by atoms with Crippen LogP contribution in [0.3, 0.4) is 0 Å². The molecule has 0 spiro atoms. The fraction of sp³-hybridized carbons (Fsp3) is 0.333. The Hall–Kier alpha value is -3.04. The molecule has 0 aliphatic carbocycles. The van der Waals surface area contributed by atoms with Crippen LogP contribution in [0.5, 0.6) is 0 Å². The summed E-state index contributed by atoms with van der Waals surface area (Å²) < 4.78 is 26.4. The average Bonchev–Trinajstić information content (AvgIpc) is 3.01. The summed E-state index contributed by atoms with van der Waals surface area (Å²) in [4.78, 5) is 29.7. The maximum absolute atomic E-state index is 12.9. The molecule has 0 saturated carbocycles. The number of nitro groups is 1. The summed E-state index contributed by atoms with van der Waals surface area (Å²) in [6.45, 7) is -2.93. The van der Waals surface area contributed by atoms with Gasteiger partial charge in [-0.25, -0.2) is 4.98 Å². The normalized spacial score (nSPS) is 10.8. The lowest BCUT2D eigenvalue weighted by molar-refractivity contribution is -0.384. The van der Waals surface area contributed by atoms with E-state index in [1.165, 1.54) is 36.3 Å². The van der Waals surface area contributed by atoms with E-state index in [2.05, 4.69) is 4.98 Å². The van der Waals surface area contributed by atoms with Crippen molar-refractivity contribution in [3.8, 4) is 0 Å². The van der Waals surface area contributed by atoms with Gasteiger partial charge in [-0.15, -0.1) is 0 Å². The molecule has 0 radical (unpaired) electrons. The Labute approximate surface area is 142 Å². The molecule has 0 saturated heterocycles. The largest absolute Gasteiger partial charge is 0.377 e. The Morgan fingerprint density at radius 2 is 2.04 bits per heavy atom. The minimum atomic E-state index is -2.77. The van der Waals surface area contributed by atoms with E-state index in [4.69, 9.17) is 0 Å². The van der Waals surface area contributed by atoms with Gasteiger partial charge in [0.05, 0.1) is 17.0 Å². The number of carbonyl (C=O) groups is 1. The van der Waals surface area contributed by atoms with Gasteiger partial charge in [0.2, 0.25) is 0 Å². The van der Waals surface area contributed by atoms with E-state index in [-0.39, 0.29) is 23.6 Å². The first-order valence-corrected chi connectivity index (χ1v) is 7.23. The van der Waals surface area contributed by atoms with E-state index in [0.717, 1.165) is 6.20 Å². The van der Waals surface area contributed by atoms with Crippen molar-refractivity contribution < 1.29 is 18.5 Å². The summed E-state index contributed by atoms with van der Waals surface area (Å²) in [5.41, 5.74) is 0.368. The molecule has 0 bridgehead atoms. The first-order valence-electron chi connectivity index (χ1n) is 7.23. The van der Waals surface area contributed by atoms with Gasteiger partial charge in [-0.3, -0.25) is 19.5 Å². The number of imidazole rings is 1. The second kappa shape index (κ2) is 7.24. The minimum Gasteiger partial charge on any atom is -0.377 e. The third-order valence-corrected chi connectivity index (χ3v) is 3.59. The van der Waals surface area contributed by atoms with E-state index in [0.29, 0.717) is 10.3 Å². The lowest BCUT2D eigenvalue weighted by Crippen LogP contribution is -2.29. The highest BCUT2D eigenvalue weighted by molar-refractivity contribution is 6.00. The number of carbonyl (C=O) groups excluding carboxylic acids is 1. The zero-order valence-corrected chi connectivity index (χ0v) is 13.9. The quantitative estimate of drug-likeness (QED) is 0.588. The molecule has 0 fully saturated rings. The van der Waals surface area contributed by atoms with Crippen molar-refractivity contribution in [1.82, 2.24) is 14.5 Å².